The van der Waals surface area contributed by atoms with E-state index in [1.54, 1.807) is 55.7 Å². The summed E-state index contributed by atoms with van der Waals surface area (Å²) in [5, 5.41) is 30.2. The first-order valence-electron chi connectivity index (χ1n) is 21.2. The van der Waals surface area contributed by atoms with Crippen molar-refractivity contribution in [3.63, 3.8) is 0 Å². The highest BCUT2D eigenvalue weighted by Crippen LogP contribution is 2.42. The van der Waals surface area contributed by atoms with E-state index in [1.165, 1.54) is 18.2 Å². The fourth-order valence-electron chi connectivity index (χ4n) is 7.99. The number of phenolic OH excluding ortho intramolecular Hbond substituents is 1. The Morgan fingerprint density at radius 2 is 1.71 bits per heavy atom. The lowest BCUT2D eigenvalue weighted by atomic mass is 9.85. The van der Waals surface area contributed by atoms with Gasteiger partial charge in [-0.1, -0.05) is 39.8 Å². The van der Waals surface area contributed by atoms with E-state index >= 15 is 0 Å². The van der Waals surface area contributed by atoms with Gasteiger partial charge in [-0.25, -0.2) is 19.4 Å². The molecule has 0 aliphatic carbocycles. The molecule has 2 aromatic carbocycles. The summed E-state index contributed by atoms with van der Waals surface area (Å²) in [4.78, 5) is 107. The molecular weight excluding hydrogens is 847 g/mol. The summed E-state index contributed by atoms with van der Waals surface area (Å²) >= 11 is 0. The van der Waals surface area contributed by atoms with Crippen LogP contribution in [0, 0.1) is 5.92 Å². The van der Waals surface area contributed by atoms with Gasteiger partial charge >= 0.3 is 24.1 Å². The highest BCUT2D eigenvalue weighted by atomic mass is 16.7. The van der Waals surface area contributed by atoms with Crippen LogP contribution in [-0.2, 0) is 70.0 Å². The van der Waals surface area contributed by atoms with E-state index in [9.17, 15) is 43.5 Å². The Balaban J connectivity index is 1.14. The van der Waals surface area contributed by atoms with Gasteiger partial charge in [-0.15, -0.1) is 0 Å². The molecule has 20 nitrogen and oxygen atoms in total. The van der Waals surface area contributed by atoms with E-state index in [-0.39, 0.29) is 68.9 Å². The largest absolute Gasteiger partial charge is 0.510 e. The smallest absolute Gasteiger partial charge is 0.508 e. The number of amides is 5. The molecule has 2 aliphatic heterocycles. The molecule has 3 atom stereocenters. The van der Waals surface area contributed by atoms with Crippen molar-refractivity contribution in [1.82, 2.24) is 25.5 Å². The number of nitrogens with one attached hydrogen (secondary N) is 4. The predicted molar refractivity (Wildman–Crippen MR) is 232 cm³/mol. The molecule has 0 bridgehead atoms. The summed E-state index contributed by atoms with van der Waals surface area (Å²) in [6, 6.07) is 9.67. The van der Waals surface area contributed by atoms with Gasteiger partial charge in [-0.2, -0.15) is 0 Å². The van der Waals surface area contributed by atoms with Gasteiger partial charge in [0.15, 0.2) is 0 Å². The van der Waals surface area contributed by atoms with Gasteiger partial charge in [0.05, 0.1) is 35.4 Å². The van der Waals surface area contributed by atoms with Crippen LogP contribution >= 0.6 is 0 Å². The summed E-state index contributed by atoms with van der Waals surface area (Å²) in [6.07, 6.45) is -1.18. The van der Waals surface area contributed by atoms with Crippen LogP contribution in [0.15, 0.2) is 53.3 Å². The lowest BCUT2D eigenvalue weighted by Crippen LogP contribution is -2.54. The van der Waals surface area contributed by atoms with Gasteiger partial charge < -0.3 is 56.0 Å². The summed E-state index contributed by atoms with van der Waals surface area (Å²) in [6.45, 7) is 6.60. The van der Waals surface area contributed by atoms with Gasteiger partial charge in [0.1, 0.15) is 31.0 Å². The normalized spacial score (nSPS) is 15.7. The highest BCUT2D eigenvalue weighted by molar-refractivity contribution is 5.98. The van der Waals surface area contributed by atoms with Crippen molar-refractivity contribution < 1.29 is 58.0 Å². The first-order valence-corrected chi connectivity index (χ1v) is 21.2. The number of aryl methyl sites for hydroxylation is 1. The lowest BCUT2D eigenvalue weighted by Gasteiger charge is -2.35. The molecule has 65 heavy (non-hydrogen) atoms. The van der Waals surface area contributed by atoms with Crippen LogP contribution in [0.4, 0.5) is 15.3 Å². The molecule has 0 radical (unpaired) electrons. The van der Waals surface area contributed by atoms with Gasteiger partial charge in [-0.3, -0.25) is 24.0 Å². The number of aromatic hydroxyl groups is 1. The first-order chi connectivity index (χ1) is 31.0. The van der Waals surface area contributed by atoms with Crippen LogP contribution in [0.3, 0.4) is 0 Å². The molecule has 0 saturated heterocycles. The van der Waals surface area contributed by atoms with Crippen LogP contribution in [0.5, 0.6) is 5.75 Å². The molecule has 6 rings (SSSR count). The van der Waals surface area contributed by atoms with Crippen LogP contribution in [0.2, 0.25) is 0 Å². The number of urea groups is 1. The third kappa shape index (κ3) is 10.3. The summed E-state index contributed by atoms with van der Waals surface area (Å²) in [7, 11) is 0. The fourth-order valence-corrected chi connectivity index (χ4v) is 7.99. The molecule has 2 aromatic heterocycles. The Morgan fingerprint density at radius 3 is 2.37 bits per heavy atom. The maximum atomic E-state index is 14.1. The minimum Gasteiger partial charge on any atom is -0.508 e. The number of hydrogen-bond donors (Lipinski definition) is 7. The number of benzene rings is 2. The van der Waals surface area contributed by atoms with Gasteiger partial charge in [-0.05, 0) is 79.1 Å². The van der Waals surface area contributed by atoms with Crippen molar-refractivity contribution in [2.75, 3.05) is 11.9 Å². The Kier molecular flexibility index (Phi) is 14.4. The number of carboxylic acid groups (broad SMARTS) is 1. The second-order valence-corrected chi connectivity index (χ2v) is 16.0. The van der Waals surface area contributed by atoms with Gasteiger partial charge in [0.25, 0.3) is 5.56 Å². The Hall–Kier alpha value is -7.51. The average Bonchev–Trinajstić information content (AvgIpc) is 3.63. The number of anilines is 1. The number of aliphatic carboxylic acids is 1. The second kappa shape index (κ2) is 19.9. The van der Waals surface area contributed by atoms with E-state index in [0.29, 0.717) is 34.6 Å². The molecule has 5 amide bonds. The minimum atomic E-state index is -2.02. The molecule has 20 heteroatoms. The van der Waals surface area contributed by atoms with Crippen molar-refractivity contribution in [2.45, 2.75) is 104 Å². The number of carbonyl (C=O) groups is 7. The number of fused-ring (bicyclic) bond motifs is 5. The molecule has 2 aliphatic rings. The summed E-state index contributed by atoms with van der Waals surface area (Å²) < 4.78 is 18.2. The average molecular weight is 898 g/mol. The zero-order valence-corrected chi connectivity index (χ0v) is 36.3. The van der Waals surface area contributed by atoms with Crippen molar-refractivity contribution in [1.29, 1.82) is 0 Å². The number of nitrogens with zero attached hydrogens (tertiary/aromatic N) is 2. The quantitative estimate of drug-likeness (QED) is 0.0489. The van der Waals surface area contributed by atoms with Gasteiger partial charge in [0, 0.05) is 35.2 Å². The monoisotopic (exact) mass is 897 g/mol. The number of aromatic nitrogens is 2. The lowest BCUT2D eigenvalue weighted by molar-refractivity contribution is -0.175. The van der Waals surface area contributed by atoms with E-state index in [0.717, 1.165) is 16.5 Å². The van der Waals surface area contributed by atoms with E-state index < -0.39 is 77.4 Å². The third-order valence-electron chi connectivity index (χ3n) is 11.4. The van der Waals surface area contributed by atoms with Crippen LogP contribution in [0.1, 0.15) is 87.6 Å². The molecule has 0 saturated carbocycles. The standard InChI is InChI=1S/C45H51N7O13/c1-5-27-28-18-26(53)13-14-32(28)49-38-29(27)20-52-34(38)19-31-30(41(52)59)22-63-42(60)45(31,6-2)65-44(62)64-21-24-9-11-25(12-10-24)48-39(57)33(8-7-17-47-43(46)61)50-40(58)37(23(3)4)51-35(54)15-16-36(55)56/h9-14,18-19,23,33,37,53H,5-8,15-17,20-22H2,1-4H3,(H,48,57)(H,50,58)(H,51,54)(H,55,56)(H3,46,47,61)/t33-,37-,45-/m0/s1. The summed E-state index contributed by atoms with van der Waals surface area (Å²) in [5.74, 6) is -4.34. The number of phenols is 1. The van der Waals surface area contributed by atoms with Crippen molar-refractivity contribution in [3.8, 4) is 17.1 Å². The maximum absolute atomic E-state index is 14.1. The molecule has 4 aromatic rings. The number of esters is 1. The first kappa shape index (κ1) is 47.0. The van der Waals surface area contributed by atoms with Crippen LogP contribution < -0.4 is 32.6 Å². The molecule has 8 N–H and O–H groups in total. The molecule has 4 heterocycles. The number of nitrogens with two attached hydrogens (primary N) is 1. The Bertz CT molecular complexity index is 2610. The number of rotatable bonds is 18. The third-order valence-corrected chi connectivity index (χ3v) is 11.4. The van der Waals surface area contributed by atoms with E-state index in [1.807, 2.05) is 6.92 Å². The topological polar surface area (TPSA) is 297 Å². The zero-order chi connectivity index (χ0) is 47.2. The second-order valence-electron chi connectivity index (χ2n) is 16.0. The number of carbonyl (C=O) groups excluding carboxylic acids is 6. The van der Waals surface area contributed by atoms with Gasteiger partial charge in [0.2, 0.25) is 23.3 Å². The van der Waals surface area contributed by atoms with Crippen molar-refractivity contribution in [2.24, 2.45) is 11.7 Å². The number of ether oxygens (including phenoxy) is 3. The highest BCUT2D eigenvalue weighted by Gasteiger charge is 2.51. The van der Waals surface area contributed by atoms with E-state index in [2.05, 4.69) is 21.3 Å². The Labute approximate surface area is 372 Å². The number of primary amides is 1. The number of hydrogen-bond acceptors (Lipinski definition) is 13. The molecular formula is C45H51N7O13. The summed E-state index contributed by atoms with van der Waals surface area (Å²) in [5.41, 5.74) is 7.12. The maximum Gasteiger partial charge on any atom is 0.510 e. The Morgan fingerprint density at radius 1 is 0.969 bits per heavy atom. The van der Waals surface area contributed by atoms with E-state index in [4.69, 9.17) is 30.0 Å². The van der Waals surface area contributed by atoms with Crippen LogP contribution in [0.25, 0.3) is 22.3 Å². The van der Waals surface area contributed by atoms with Crippen LogP contribution in [-0.4, -0.2) is 80.2 Å². The van der Waals surface area contributed by atoms with Crippen molar-refractivity contribution >= 4 is 58.4 Å². The zero-order valence-electron chi connectivity index (χ0n) is 36.3. The molecule has 344 valence electrons. The molecule has 0 unspecified atom stereocenters. The number of cyclic esters (lactones) is 1. The number of pyridine rings is 2. The minimum absolute atomic E-state index is 0.0612. The SMILES string of the molecule is CCc1c2c(nc3ccc(O)cc13)-c1cc3c(c(=O)n1C2)COC(=O)[C@@]3(CC)OC(=O)OCc1ccc(NC(=O)[C@H](CCCNC(N)=O)NC(=O)[C@@H](NC(=O)CCC(=O)O)C(C)C)cc1. The molecule has 0 spiro atoms. The van der Waals surface area contributed by atoms with Crippen molar-refractivity contribution in [3.05, 3.63) is 86.7 Å². The molecule has 0 fully saturated rings. The predicted octanol–water partition coefficient (Wildman–Crippen LogP) is 3.59. The number of carboxylic acids is 1. The fraction of sp³-hybridized carbons (Fsp3) is 0.400.